The molecule has 3 aromatic rings. The van der Waals surface area contributed by atoms with Crippen LogP contribution in [0.15, 0.2) is 60.8 Å². The molecule has 0 aliphatic rings. The van der Waals surface area contributed by atoms with E-state index in [4.69, 9.17) is 13.8 Å². The number of aliphatic hydroxyl groups is 1. The topological polar surface area (TPSA) is 168 Å². The molecule has 1 heterocycles. The molecule has 2 aromatic carbocycles. The van der Waals surface area contributed by atoms with Crippen LogP contribution < -0.4 is 16.0 Å². The summed E-state index contributed by atoms with van der Waals surface area (Å²) in [5.74, 6) is -0.922. The van der Waals surface area contributed by atoms with Crippen LogP contribution in [0.3, 0.4) is 0 Å². The summed E-state index contributed by atoms with van der Waals surface area (Å²) in [4.78, 5) is 41.5. The Balaban J connectivity index is 1.56. The highest BCUT2D eigenvalue weighted by Crippen LogP contribution is 2.47. The van der Waals surface area contributed by atoms with Crippen molar-refractivity contribution in [3.8, 4) is 0 Å². The third-order valence-electron chi connectivity index (χ3n) is 6.76. The zero-order chi connectivity index (χ0) is 31.8. The molecule has 1 unspecified atom stereocenters. The van der Waals surface area contributed by atoms with Gasteiger partial charge in [0.15, 0.2) is 0 Å². The standard InChI is InChI=1S/C31H43N4O8P/c1-3-42-44(40,43-4-2)22-29(37)32-17-11-10-16-28(35-31(39)41-21-23-12-6-5-7-13-23)30(38)34-25(20-36)18-24-19-33-27-15-9-8-14-26(24)27/h5-9,12-15,19,25,28,33,36H,3-4,10-11,16-18,20-22H2,1-2H3,(H,32,37)(H,34,38)(H,35,39)/t25-,28?/m0/s1. The van der Waals surface area contributed by atoms with Crippen molar-refractivity contribution < 1.29 is 37.8 Å². The van der Waals surface area contributed by atoms with Gasteiger partial charge in [0, 0.05) is 23.6 Å². The predicted octanol–water partition coefficient (Wildman–Crippen LogP) is 4.04. The predicted molar refractivity (Wildman–Crippen MR) is 167 cm³/mol. The number of unbranched alkanes of at least 4 members (excludes halogenated alkanes) is 1. The number of fused-ring (bicyclic) bond motifs is 1. The van der Waals surface area contributed by atoms with Crippen molar-refractivity contribution in [2.45, 2.75) is 58.2 Å². The smallest absolute Gasteiger partial charge is 0.408 e. The summed E-state index contributed by atoms with van der Waals surface area (Å²) in [5, 5.41) is 19.3. The fraction of sp³-hybridized carbons (Fsp3) is 0.452. The van der Waals surface area contributed by atoms with Crippen molar-refractivity contribution in [3.63, 3.8) is 0 Å². The average Bonchev–Trinajstić information content (AvgIpc) is 3.42. The summed E-state index contributed by atoms with van der Waals surface area (Å²) in [6.45, 7) is 3.68. The Morgan fingerprint density at radius 2 is 1.66 bits per heavy atom. The number of rotatable bonds is 19. The molecule has 2 atom stereocenters. The highest BCUT2D eigenvalue weighted by atomic mass is 31.2. The Morgan fingerprint density at radius 1 is 0.955 bits per heavy atom. The number of H-pyrrole nitrogens is 1. The maximum Gasteiger partial charge on any atom is 0.408 e. The van der Waals surface area contributed by atoms with Crippen molar-refractivity contribution in [2.75, 3.05) is 32.5 Å². The minimum Gasteiger partial charge on any atom is -0.445 e. The van der Waals surface area contributed by atoms with Crippen LogP contribution in [0.5, 0.6) is 0 Å². The number of aromatic amines is 1. The van der Waals surface area contributed by atoms with Gasteiger partial charge in [0.1, 0.15) is 18.8 Å². The number of carbonyl (C=O) groups is 3. The largest absolute Gasteiger partial charge is 0.445 e. The Kier molecular flexibility index (Phi) is 14.4. The maximum atomic E-state index is 13.3. The number of amides is 3. The summed E-state index contributed by atoms with van der Waals surface area (Å²) in [6, 6.07) is 15.4. The lowest BCUT2D eigenvalue weighted by molar-refractivity contribution is -0.124. The van der Waals surface area contributed by atoms with Crippen molar-refractivity contribution in [1.82, 2.24) is 20.9 Å². The van der Waals surface area contributed by atoms with Crippen LogP contribution in [-0.4, -0.2) is 72.6 Å². The van der Waals surface area contributed by atoms with E-state index in [1.807, 2.05) is 60.8 Å². The van der Waals surface area contributed by atoms with E-state index in [0.29, 0.717) is 19.3 Å². The van der Waals surface area contributed by atoms with Gasteiger partial charge >= 0.3 is 13.7 Å². The lowest BCUT2D eigenvalue weighted by Gasteiger charge is -2.22. The fourth-order valence-corrected chi connectivity index (χ4v) is 6.17. The van der Waals surface area contributed by atoms with E-state index in [1.54, 1.807) is 13.8 Å². The highest BCUT2D eigenvalue weighted by molar-refractivity contribution is 7.54. The zero-order valence-electron chi connectivity index (χ0n) is 25.3. The third-order valence-corrected chi connectivity index (χ3v) is 8.74. The highest BCUT2D eigenvalue weighted by Gasteiger charge is 2.28. The van der Waals surface area contributed by atoms with E-state index in [2.05, 4.69) is 20.9 Å². The van der Waals surface area contributed by atoms with Crippen LogP contribution in [0.2, 0.25) is 0 Å². The number of hydrogen-bond acceptors (Lipinski definition) is 8. The third kappa shape index (κ3) is 11.4. The molecule has 0 saturated heterocycles. The van der Waals surface area contributed by atoms with Gasteiger partial charge in [-0.3, -0.25) is 14.2 Å². The first-order valence-corrected chi connectivity index (χ1v) is 16.6. The van der Waals surface area contributed by atoms with Gasteiger partial charge in [-0.05, 0) is 56.7 Å². The molecule has 0 spiro atoms. The molecule has 0 aliphatic carbocycles. The molecule has 0 aliphatic heterocycles. The van der Waals surface area contributed by atoms with Crippen molar-refractivity contribution in [2.24, 2.45) is 0 Å². The van der Waals surface area contributed by atoms with Crippen LogP contribution in [0.1, 0.15) is 44.2 Å². The first kappa shape index (κ1) is 34.8. The normalized spacial score (nSPS) is 12.8. The Labute approximate surface area is 257 Å². The van der Waals surface area contributed by atoms with Crippen LogP contribution >= 0.6 is 7.60 Å². The van der Waals surface area contributed by atoms with E-state index in [9.17, 15) is 24.1 Å². The summed E-state index contributed by atoms with van der Waals surface area (Å²) < 4.78 is 28.2. The van der Waals surface area contributed by atoms with Crippen molar-refractivity contribution in [3.05, 3.63) is 71.9 Å². The Bertz CT molecular complexity index is 1370. The van der Waals surface area contributed by atoms with E-state index in [1.165, 1.54) is 0 Å². The van der Waals surface area contributed by atoms with Crippen molar-refractivity contribution >= 4 is 36.4 Å². The lowest BCUT2D eigenvalue weighted by Crippen LogP contribution is -2.51. The van der Waals surface area contributed by atoms with Gasteiger partial charge < -0.3 is 39.8 Å². The monoisotopic (exact) mass is 630 g/mol. The molecule has 13 heteroatoms. The maximum absolute atomic E-state index is 13.3. The summed E-state index contributed by atoms with van der Waals surface area (Å²) in [6.07, 6.45) is 2.32. The molecule has 44 heavy (non-hydrogen) atoms. The number of hydrogen-bond donors (Lipinski definition) is 5. The first-order valence-electron chi connectivity index (χ1n) is 14.8. The fourth-order valence-electron chi connectivity index (χ4n) is 4.66. The summed E-state index contributed by atoms with van der Waals surface area (Å²) in [5.41, 5.74) is 2.70. The Hall–Kier alpha value is -3.70. The second-order valence-electron chi connectivity index (χ2n) is 10.2. The molecular formula is C31H43N4O8P. The molecule has 1 aromatic heterocycles. The van der Waals surface area contributed by atoms with E-state index < -0.39 is 37.6 Å². The van der Waals surface area contributed by atoms with Gasteiger partial charge in [0.05, 0.1) is 25.9 Å². The number of nitrogens with one attached hydrogen (secondary N) is 4. The lowest BCUT2D eigenvalue weighted by atomic mass is 10.0. The molecule has 3 amide bonds. The Morgan fingerprint density at radius 3 is 2.36 bits per heavy atom. The minimum absolute atomic E-state index is 0.0419. The number of carbonyl (C=O) groups excluding carboxylic acids is 3. The summed E-state index contributed by atoms with van der Waals surface area (Å²) >= 11 is 0. The summed E-state index contributed by atoms with van der Waals surface area (Å²) in [7, 11) is -3.51. The number of aliphatic hydroxyl groups excluding tert-OH is 1. The first-order chi connectivity index (χ1) is 21.3. The molecule has 3 rings (SSSR count). The van der Waals surface area contributed by atoms with Gasteiger partial charge in [0.25, 0.3) is 0 Å². The van der Waals surface area contributed by atoms with Gasteiger partial charge in [-0.15, -0.1) is 0 Å². The zero-order valence-corrected chi connectivity index (χ0v) is 26.1. The number of ether oxygens (including phenoxy) is 1. The van der Waals surface area contributed by atoms with Gasteiger partial charge in [-0.2, -0.15) is 0 Å². The van der Waals surface area contributed by atoms with E-state index in [0.717, 1.165) is 22.0 Å². The number of benzene rings is 2. The van der Waals surface area contributed by atoms with Gasteiger partial charge in [0.2, 0.25) is 11.8 Å². The molecule has 0 saturated carbocycles. The molecule has 5 N–H and O–H groups in total. The number of para-hydroxylation sites is 1. The SMILES string of the molecule is CCOP(=O)(CC(=O)NCCCCC(NC(=O)OCc1ccccc1)C(=O)N[C@H](CO)Cc1c[nH]c2ccccc12)OCC. The van der Waals surface area contributed by atoms with Crippen molar-refractivity contribution in [1.29, 1.82) is 0 Å². The minimum atomic E-state index is -3.51. The number of alkyl carbamates (subject to hydrolysis) is 1. The quantitative estimate of drug-likeness (QED) is 0.0977. The van der Waals surface area contributed by atoms with Crippen LogP contribution in [-0.2, 0) is 41.0 Å². The second-order valence-corrected chi connectivity index (χ2v) is 12.2. The average molecular weight is 631 g/mol. The molecule has 0 radical (unpaired) electrons. The van der Waals surface area contributed by atoms with Crippen LogP contribution in [0.25, 0.3) is 10.9 Å². The van der Waals surface area contributed by atoms with E-state index >= 15 is 0 Å². The molecule has 12 nitrogen and oxygen atoms in total. The van der Waals surface area contributed by atoms with Crippen LogP contribution in [0.4, 0.5) is 4.79 Å². The van der Waals surface area contributed by atoms with Crippen LogP contribution in [0, 0.1) is 0 Å². The second kappa shape index (κ2) is 18.2. The molecule has 0 bridgehead atoms. The van der Waals surface area contributed by atoms with Gasteiger partial charge in [-0.25, -0.2) is 4.79 Å². The molecular weight excluding hydrogens is 587 g/mol. The molecule has 240 valence electrons. The van der Waals surface area contributed by atoms with E-state index in [-0.39, 0.29) is 45.6 Å². The van der Waals surface area contributed by atoms with Gasteiger partial charge in [-0.1, -0.05) is 48.5 Å². The number of aromatic nitrogens is 1. The molecule has 0 fully saturated rings.